The molecule has 0 saturated carbocycles. The first-order valence-electron chi connectivity index (χ1n) is 6.74. The van der Waals surface area contributed by atoms with E-state index in [4.69, 9.17) is 9.15 Å². The Bertz CT molecular complexity index is 662. The van der Waals surface area contributed by atoms with Crippen LogP contribution in [0.4, 0.5) is 0 Å². The highest BCUT2D eigenvalue weighted by atomic mass is 16.5. The molecule has 0 saturated heterocycles. The lowest BCUT2D eigenvalue weighted by atomic mass is 10.1. The summed E-state index contributed by atoms with van der Waals surface area (Å²) in [6.45, 7) is 6.15. The lowest BCUT2D eigenvalue weighted by molar-refractivity contribution is 0.0750. The lowest BCUT2D eigenvalue weighted by Gasteiger charge is -2.18. The fourth-order valence-corrected chi connectivity index (χ4v) is 2.29. The van der Waals surface area contributed by atoms with Crippen LogP contribution in [0.25, 0.3) is 0 Å². The summed E-state index contributed by atoms with van der Waals surface area (Å²) in [4.78, 5) is 18.3. The van der Waals surface area contributed by atoms with E-state index in [1.807, 2.05) is 20.8 Å². The Balaban J connectivity index is 2.22. The van der Waals surface area contributed by atoms with Crippen LogP contribution in [0.1, 0.15) is 32.9 Å². The van der Waals surface area contributed by atoms with Crippen LogP contribution in [0.3, 0.4) is 0 Å². The molecule has 21 heavy (non-hydrogen) atoms. The van der Waals surface area contributed by atoms with E-state index in [1.165, 1.54) is 6.26 Å². The van der Waals surface area contributed by atoms with E-state index >= 15 is 0 Å². The number of nitrogens with zero attached hydrogens (tertiary/aromatic N) is 2. The monoisotopic (exact) mass is 288 g/mol. The van der Waals surface area contributed by atoms with Crippen molar-refractivity contribution in [1.82, 2.24) is 9.88 Å². The van der Waals surface area contributed by atoms with Crippen molar-refractivity contribution in [1.29, 1.82) is 0 Å². The highest BCUT2D eigenvalue weighted by Crippen LogP contribution is 2.25. The first-order valence-corrected chi connectivity index (χ1v) is 6.74. The number of rotatable bonds is 4. The van der Waals surface area contributed by atoms with E-state index < -0.39 is 0 Å². The van der Waals surface area contributed by atoms with Gasteiger partial charge >= 0.3 is 0 Å². The molecular weight excluding hydrogens is 268 g/mol. The summed E-state index contributed by atoms with van der Waals surface area (Å²) in [5.41, 5.74) is 3.58. The number of furan rings is 1. The van der Waals surface area contributed by atoms with Crippen LogP contribution in [0.15, 0.2) is 22.9 Å². The maximum atomic E-state index is 12.3. The van der Waals surface area contributed by atoms with Crippen molar-refractivity contribution in [3.63, 3.8) is 0 Å². The molecule has 0 N–H and O–H groups in total. The average Bonchev–Trinajstić information content (AvgIpc) is 2.88. The standard InChI is InChI=1S/C16H20N2O3/c1-10-6-7-21-15(10)16(19)18(4)9-13-12(3)14(20-5)11(2)8-17-13/h6-8H,9H2,1-5H3. The molecule has 0 aliphatic heterocycles. The van der Waals surface area contributed by atoms with Gasteiger partial charge in [0.05, 0.1) is 25.6 Å². The Morgan fingerprint density at radius 1 is 1.33 bits per heavy atom. The molecule has 2 aromatic heterocycles. The van der Waals surface area contributed by atoms with Crippen LogP contribution in [0.2, 0.25) is 0 Å². The molecule has 0 aliphatic rings. The molecular formula is C16H20N2O3. The maximum Gasteiger partial charge on any atom is 0.289 e. The van der Waals surface area contributed by atoms with Crippen molar-refractivity contribution in [2.45, 2.75) is 27.3 Å². The summed E-state index contributed by atoms with van der Waals surface area (Å²) in [6.07, 6.45) is 3.28. The lowest BCUT2D eigenvalue weighted by Crippen LogP contribution is -2.27. The third-order valence-electron chi connectivity index (χ3n) is 3.54. The second kappa shape index (κ2) is 5.99. The van der Waals surface area contributed by atoms with E-state index in [0.717, 1.165) is 28.1 Å². The second-order valence-electron chi connectivity index (χ2n) is 5.14. The molecule has 0 radical (unpaired) electrons. The predicted octanol–water partition coefficient (Wildman–Crippen LogP) is 2.88. The van der Waals surface area contributed by atoms with Crippen LogP contribution >= 0.6 is 0 Å². The van der Waals surface area contributed by atoms with Crippen molar-refractivity contribution < 1.29 is 13.9 Å². The van der Waals surface area contributed by atoms with Gasteiger partial charge in [0.15, 0.2) is 5.76 Å². The van der Waals surface area contributed by atoms with Crippen LogP contribution in [-0.4, -0.2) is 29.9 Å². The van der Waals surface area contributed by atoms with Gasteiger partial charge in [-0.3, -0.25) is 9.78 Å². The van der Waals surface area contributed by atoms with Gasteiger partial charge in [-0.25, -0.2) is 0 Å². The summed E-state index contributed by atoms with van der Waals surface area (Å²) < 4.78 is 10.6. The molecule has 5 nitrogen and oxygen atoms in total. The fraction of sp³-hybridized carbons (Fsp3) is 0.375. The molecule has 0 spiro atoms. The van der Waals surface area contributed by atoms with E-state index in [1.54, 1.807) is 31.3 Å². The minimum Gasteiger partial charge on any atom is -0.496 e. The number of aromatic nitrogens is 1. The summed E-state index contributed by atoms with van der Waals surface area (Å²) in [6, 6.07) is 1.78. The molecule has 1 amide bonds. The molecule has 0 aromatic carbocycles. The number of pyridine rings is 1. The zero-order chi connectivity index (χ0) is 15.6. The molecule has 0 aliphatic carbocycles. The largest absolute Gasteiger partial charge is 0.496 e. The number of methoxy groups -OCH3 is 1. The van der Waals surface area contributed by atoms with Gasteiger partial charge in [-0.1, -0.05) is 0 Å². The molecule has 0 bridgehead atoms. The van der Waals surface area contributed by atoms with Crippen molar-refractivity contribution in [2.24, 2.45) is 0 Å². The fourth-order valence-electron chi connectivity index (χ4n) is 2.29. The maximum absolute atomic E-state index is 12.3. The van der Waals surface area contributed by atoms with Crippen molar-refractivity contribution >= 4 is 5.91 Å². The summed E-state index contributed by atoms with van der Waals surface area (Å²) >= 11 is 0. The van der Waals surface area contributed by atoms with Crippen molar-refractivity contribution in [3.8, 4) is 5.75 Å². The van der Waals surface area contributed by atoms with Gasteiger partial charge in [0.1, 0.15) is 5.75 Å². The Morgan fingerprint density at radius 3 is 2.62 bits per heavy atom. The number of carbonyl (C=O) groups excluding carboxylic acids is 1. The van der Waals surface area contributed by atoms with Crippen LogP contribution < -0.4 is 4.74 Å². The quantitative estimate of drug-likeness (QED) is 0.868. The molecule has 112 valence electrons. The van der Waals surface area contributed by atoms with E-state index in [2.05, 4.69) is 4.98 Å². The Hall–Kier alpha value is -2.30. The molecule has 0 fully saturated rings. The first kappa shape index (κ1) is 15.1. The van der Waals surface area contributed by atoms with Gasteiger partial charge in [-0.15, -0.1) is 0 Å². The van der Waals surface area contributed by atoms with Gasteiger partial charge in [0, 0.05) is 29.9 Å². The molecule has 0 unspecified atom stereocenters. The predicted molar refractivity (Wildman–Crippen MR) is 79.5 cm³/mol. The van der Waals surface area contributed by atoms with Crippen LogP contribution in [0, 0.1) is 20.8 Å². The molecule has 0 atom stereocenters. The van der Waals surface area contributed by atoms with Crippen molar-refractivity contribution in [3.05, 3.63) is 46.7 Å². The number of hydrogen-bond donors (Lipinski definition) is 0. The first-order chi connectivity index (χ1) is 9.95. The number of aryl methyl sites for hydroxylation is 2. The summed E-state index contributed by atoms with van der Waals surface area (Å²) in [5, 5.41) is 0. The molecule has 5 heteroatoms. The third kappa shape index (κ3) is 2.91. The molecule has 2 heterocycles. The highest BCUT2D eigenvalue weighted by molar-refractivity contribution is 5.92. The Labute approximate surface area is 124 Å². The van der Waals surface area contributed by atoms with Gasteiger partial charge < -0.3 is 14.1 Å². The summed E-state index contributed by atoms with van der Waals surface area (Å²) in [5.74, 6) is 1.03. The van der Waals surface area contributed by atoms with Gasteiger partial charge in [-0.05, 0) is 26.8 Å². The Morgan fingerprint density at radius 2 is 2.05 bits per heavy atom. The molecule has 2 rings (SSSR count). The van der Waals surface area contributed by atoms with E-state index in [9.17, 15) is 4.79 Å². The number of ether oxygens (including phenoxy) is 1. The molecule has 2 aromatic rings. The number of hydrogen-bond acceptors (Lipinski definition) is 4. The van der Waals surface area contributed by atoms with E-state index in [-0.39, 0.29) is 5.91 Å². The van der Waals surface area contributed by atoms with Crippen LogP contribution in [0.5, 0.6) is 5.75 Å². The Kier molecular flexibility index (Phi) is 4.31. The van der Waals surface area contributed by atoms with E-state index in [0.29, 0.717) is 12.3 Å². The van der Waals surface area contributed by atoms with Gasteiger partial charge in [0.25, 0.3) is 5.91 Å². The SMILES string of the molecule is COc1c(C)cnc(CN(C)C(=O)c2occc2C)c1C. The van der Waals surface area contributed by atoms with Gasteiger partial charge in [-0.2, -0.15) is 0 Å². The average molecular weight is 288 g/mol. The normalized spacial score (nSPS) is 10.5. The summed E-state index contributed by atoms with van der Waals surface area (Å²) in [7, 11) is 3.37. The zero-order valence-electron chi connectivity index (χ0n) is 13.1. The van der Waals surface area contributed by atoms with Crippen LogP contribution in [-0.2, 0) is 6.54 Å². The number of carbonyl (C=O) groups is 1. The second-order valence-corrected chi connectivity index (χ2v) is 5.14. The topological polar surface area (TPSA) is 55.6 Å². The minimum absolute atomic E-state index is 0.154. The van der Waals surface area contributed by atoms with Crippen molar-refractivity contribution in [2.75, 3.05) is 14.2 Å². The number of amides is 1. The van der Waals surface area contributed by atoms with Gasteiger partial charge in [0.2, 0.25) is 0 Å². The minimum atomic E-state index is -0.154. The third-order valence-corrected chi connectivity index (χ3v) is 3.54. The highest BCUT2D eigenvalue weighted by Gasteiger charge is 2.19. The zero-order valence-corrected chi connectivity index (χ0v) is 13.1. The smallest absolute Gasteiger partial charge is 0.289 e.